The summed E-state index contributed by atoms with van der Waals surface area (Å²) in [5.74, 6) is 1.26. The van der Waals surface area contributed by atoms with Crippen LogP contribution in [0.25, 0.3) is 0 Å². The third-order valence-corrected chi connectivity index (χ3v) is 4.41. The number of amides is 3. The molecule has 0 radical (unpaired) electrons. The number of rotatable bonds is 3. The maximum Gasteiger partial charge on any atom is 0.323 e. The number of nitrogens with one attached hydrogen (secondary N) is 1. The minimum atomic E-state index is -0.179. The van der Waals surface area contributed by atoms with Gasteiger partial charge in [-0.1, -0.05) is 6.07 Å². The number of methoxy groups -OCH3 is 1. The van der Waals surface area contributed by atoms with Gasteiger partial charge in [-0.2, -0.15) is 5.10 Å². The molecule has 0 atom stereocenters. The first-order valence-electron chi connectivity index (χ1n) is 8.48. The minimum absolute atomic E-state index is 0.0498. The first-order valence-corrected chi connectivity index (χ1v) is 8.48. The van der Waals surface area contributed by atoms with Crippen LogP contribution in [-0.2, 0) is 7.05 Å². The van der Waals surface area contributed by atoms with Gasteiger partial charge < -0.3 is 14.5 Å². The van der Waals surface area contributed by atoms with Crippen molar-refractivity contribution in [3.63, 3.8) is 0 Å². The van der Waals surface area contributed by atoms with E-state index in [4.69, 9.17) is 4.74 Å². The SMILES string of the molecule is COc1cccc(C(=O)N2CCN(C(=O)Nc3cc(C)nn3C)CC2)c1. The first-order chi connectivity index (χ1) is 12.5. The molecule has 1 aromatic carbocycles. The fraction of sp³-hybridized carbons (Fsp3) is 0.389. The highest BCUT2D eigenvalue weighted by molar-refractivity contribution is 5.95. The number of hydrogen-bond donors (Lipinski definition) is 1. The van der Waals surface area contributed by atoms with E-state index in [9.17, 15) is 9.59 Å². The Morgan fingerprint density at radius 2 is 1.81 bits per heavy atom. The summed E-state index contributed by atoms with van der Waals surface area (Å²) >= 11 is 0. The van der Waals surface area contributed by atoms with Gasteiger partial charge in [0, 0.05) is 44.9 Å². The highest BCUT2D eigenvalue weighted by atomic mass is 16.5. The molecule has 1 aliphatic heterocycles. The Bertz CT molecular complexity index is 809. The van der Waals surface area contributed by atoms with Gasteiger partial charge in [0.25, 0.3) is 5.91 Å². The molecule has 8 heteroatoms. The monoisotopic (exact) mass is 357 g/mol. The van der Waals surface area contributed by atoms with Crippen LogP contribution >= 0.6 is 0 Å². The van der Waals surface area contributed by atoms with Gasteiger partial charge in [-0.25, -0.2) is 4.79 Å². The maximum atomic E-state index is 12.6. The third-order valence-electron chi connectivity index (χ3n) is 4.41. The molecule has 8 nitrogen and oxygen atoms in total. The predicted molar refractivity (Wildman–Crippen MR) is 97.4 cm³/mol. The van der Waals surface area contributed by atoms with Crippen LogP contribution in [-0.4, -0.2) is 64.8 Å². The van der Waals surface area contributed by atoms with Crippen molar-refractivity contribution in [2.75, 3.05) is 38.6 Å². The molecular weight excluding hydrogens is 334 g/mol. The molecular formula is C18H23N5O3. The van der Waals surface area contributed by atoms with Crippen LogP contribution < -0.4 is 10.1 Å². The largest absolute Gasteiger partial charge is 0.497 e. The summed E-state index contributed by atoms with van der Waals surface area (Å²) in [5.41, 5.74) is 1.43. The number of carbonyl (C=O) groups is 2. The smallest absolute Gasteiger partial charge is 0.323 e. The summed E-state index contributed by atoms with van der Waals surface area (Å²) in [5, 5.41) is 7.07. The highest BCUT2D eigenvalue weighted by Crippen LogP contribution is 2.16. The van der Waals surface area contributed by atoms with Crippen molar-refractivity contribution >= 4 is 17.8 Å². The normalized spacial score (nSPS) is 14.3. The van der Waals surface area contributed by atoms with Gasteiger partial charge in [-0.3, -0.25) is 14.8 Å². The number of anilines is 1. The van der Waals surface area contributed by atoms with Crippen LogP contribution in [0.4, 0.5) is 10.6 Å². The number of aromatic nitrogens is 2. The lowest BCUT2D eigenvalue weighted by Gasteiger charge is -2.34. The first kappa shape index (κ1) is 17.8. The van der Waals surface area contributed by atoms with Crippen molar-refractivity contribution in [3.8, 4) is 5.75 Å². The van der Waals surface area contributed by atoms with Crippen molar-refractivity contribution in [1.29, 1.82) is 0 Å². The van der Waals surface area contributed by atoms with Crippen molar-refractivity contribution in [2.45, 2.75) is 6.92 Å². The number of piperazine rings is 1. The lowest BCUT2D eigenvalue weighted by atomic mass is 10.1. The van der Waals surface area contributed by atoms with Crippen LogP contribution in [0, 0.1) is 6.92 Å². The molecule has 1 saturated heterocycles. The average molecular weight is 357 g/mol. The molecule has 3 amide bonds. The van der Waals surface area contributed by atoms with Gasteiger partial charge in [0.15, 0.2) is 0 Å². The van der Waals surface area contributed by atoms with Crippen LogP contribution in [0.1, 0.15) is 16.1 Å². The molecule has 1 N–H and O–H groups in total. The molecule has 2 aromatic rings. The maximum absolute atomic E-state index is 12.6. The Kier molecular flexibility index (Phi) is 5.11. The summed E-state index contributed by atoms with van der Waals surface area (Å²) in [6, 6.07) is 8.74. The van der Waals surface area contributed by atoms with Crippen molar-refractivity contribution in [2.24, 2.45) is 7.05 Å². The van der Waals surface area contributed by atoms with E-state index in [1.165, 1.54) is 0 Å². The quantitative estimate of drug-likeness (QED) is 0.907. The standard InChI is InChI=1S/C18H23N5O3/c1-13-11-16(21(2)20-13)19-18(25)23-9-7-22(8-10-23)17(24)14-5-4-6-15(12-14)26-3/h4-6,11-12H,7-10H2,1-3H3,(H,19,25). The van der Waals surface area contributed by atoms with Crippen LogP contribution in [0.15, 0.2) is 30.3 Å². The average Bonchev–Trinajstić information content (AvgIpc) is 2.98. The summed E-state index contributed by atoms with van der Waals surface area (Å²) in [6.07, 6.45) is 0. The second kappa shape index (κ2) is 7.47. The molecule has 0 saturated carbocycles. The van der Waals surface area contributed by atoms with Gasteiger partial charge in [0.2, 0.25) is 0 Å². The van der Waals surface area contributed by atoms with Gasteiger partial charge in [-0.15, -0.1) is 0 Å². The second-order valence-corrected chi connectivity index (χ2v) is 6.24. The lowest BCUT2D eigenvalue weighted by Crippen LogP contribution is -2.51. The zero-order chi connectivity index (χ0) is 18.7. The fourth-order valence-corrected chi connectivity index (χ4v) is 2.97. The van der Waals surface area contributed by atoms with Gasteiger partial charge in [-0.05, 0) is 25.1 Å². The molecule has 26 heavy (non-hydrogen) atoms. The van der Waals surface area contributed by atoms with E-state index in [2.05, 4.69) is 10.4 Å². The van der Waals surface area contributed by atoms with E-state index < -0.39 is 0 Å². The molecule has 1 aromatic heterocycles. The summed E-state index contributed by atoms with van der Waals surface area (Å²) in [4.78, 5) is 28.5. The number of carbonyl (C=O) groups excluding carboxylic acids is 2. The molecule has 138 valence electrons. The lowest BCUT2D eigenvalue weighted by molar-refractivity contribution is 0.0671. The Labute approximate surface area is 152 Å². The van der Waals surface area contributed by atoms with E-state index in [0.717, 1.165) is 5.69 Å². The minimum Gasteiger partial charge on any atom is -0.497 e. The predicted octanol–water partition coefficient (Wildman–Crippen LogP) is 1.73. The molecule has 0 unspecified atom stereocenters. The zero-order valence-corrected chi connectivity index (χ0v) is 15.2. The molecule has 2 heterocycles. The van der Waals surface area contributed by atoms with Gasteiger partial charge in [0.1, 0.15) is 11.6 Å². The van der Waals surface area contributed by atoms with Crippen molar-refractivity contribution in [3.05, 3.63) is 41.6 Å². The van der Waals surface area contributed by atoms with E-state index >= 15 is 0 Å². The topological polar surface area (TPSA) is 79.7 Å². The molecule has 1 aliphatic rings. The number of urea groups is 1. The van der Waals surface area contributed by atoms with E-state index in [1.807, 2.05) is 13.0 Å². The molecule has 1 fully saturated rings. The molecule has 0 bridgehead atoms. The van der Waals surface area contributed by atoms with Crippen molar-refractivity contribution in [1.82, 2.24) is 19.6 Å². The zero-order valence-electron chi connectivity index (χ0n) is 15.2. The van der Waals surface area contributed by atoms with Gasteiger partial charge in [0.05, 0.1) is 12.8 Å². The van der Waals surface area contributed by atoms with E-state index in [1.54, 1.807) is 52.9 Å². The molecule has 3 rings (SSSR count). The number of ether oxygens (including phenoxy) is 1. The van der Waals surface area contributed by atoms with Gasteiger partial charge >= 0.3 is 6.03 Å². The fourth-order valence-electron chi connectivity index (χ4n) is 2.97. The Hall–Kier alpha value is -3.03. The number of hydrogen-bond acceptors (Lipinski definition) is 4. The third kappa shape index (κ3) is 3.79. The van der Waals surface area contributed by atoms with E-state index in [-0.39, 0.29) is 11.9 Å². The van der Waals surface area contributed by atoms with Crippen LogP contribution in [0.2, 0.25) is 0 Å². The summed E-state index contributed by atoms with van der Waals surface area (Å²) < 4.78 is 6.80. The Morgan fingerprint density at radius 1 is 1.12 bits per heavy atom. The Morgan fingerprint density at radius 3 is 2.42 bits per heavy atom. The second-order valence-electron chi connectivity index (χ2n) is 6.24. The Balaban J connectivity index is 1.57. The molecule has 0 aliphatic carbocycles. The number of nitrogens with zero attached hydrogens (tertiary/aromatic N) is 4. The van der Waals surface area contributed by atoms with Crippen molar-refractivity contribution < 1.29 is 14.3 Å². The highest BCUT2D eigenvalue weighted by Gasteiger charge is 2.25. The number of aryl methyl sites for hydroxylation is 2. The molecule has 0 spiro atoms. The van der Waals surface area contributed by atoms with E-state index in [0.29, 0.717) is 43.3 Å². The van der Waals surface area contributed by atoms with Crippen LogP contribution in [0.5, 0.6) is 5.75 Å². The summed E-state index contributed by atoms with van der Waals surface area (Å²) in [6.45, 7) is 3.83. The number of benzene rings is 1. The van der Waals surface area contributed by atoms with Crippen LogP contribution in [0.3, 0.4) is 0 Å². The summed E-state index contributed by atoms with van der Waals surface area (Å²) in [7, 11) is 3.36.